The normalized spacial score (nSPS) is 18.5. The summed E-state index contributed by atoms with van der Waals surface area (Å²) >= 11 is 0. The van der Waals surface area contributed by atoms with Crippen LogP contribution < -0.4 is 9.80 Å². The zero-order valence-electron chi connectivity index (χ0n) is 19.9. The number of benzodiazepines with no additional fused rings is 1. The molecule has 7 nitrogen and oxygen atoms in total. The molecule has 180 valence electrons. The maximum atomic E-state index is 13.8. The molecule has 34 heavy (non-hydrogen) atoms. The van der Waals surface area contributed by atoms with E-state index in [0.29, 0.717) is 13.2 Å². The van der Waals surface area contributed by atoms with E-state index in [2.05, 4.69) is 24.8 Å². The van der Waals surface area contributed by atoms with Crippen LogP contribution in [0.4, 0.5) is 11.4 Å². The van der Waals surface area contributed by atoms with Gasteiger partial charge in [0.15, 0.2) is 0 Å². The number of hydrogen-bond donors (Lipinski definition) is 1. The van der Waals surface area contributed by atoms with Gasteiger partial charge in [-0.15, -0.1) is 0 Å². The molecule has 0 saturated carbocycles. The quantitative estimate of drug-likeness (QED) is 0.640. The fraction of sp³-hybridized carbons (Fsp3) is 0.444. The lowest BCUT2D eigenvalue weighted by Crippen LogP contribution is -2.42. The van der Waals surface area contributed by atoms with E-state index in [1.54, 1.807) is 4.90 Å². The van der Waals surface area contributed by atoms with E-state index in [9.17, 15) is 14.7 Å². The minimum absolute atomic E-state index is 0.0755. The first-order valence-electron chi connectivity index (χ1n) is 12.2. The van der Waals surface area contributed by atoms with Crippen molar-refractivity contribution >= 4 is 29.0 Å². The molecule has 2 aromatic carbocycles. The van der Waals surface area contributed by atoms with Gasteiger partial charge in [0.05, 0.1) is 31.0 Å². The number of morpholine rings is 1. The number of fused-ring (bicyclic) bond motifs is 1. The number of ether oxygens (including phenoxy) is 1. The lowest BCUT2D eigenvalue weighted by atomic mass is 9.93. The van der Waals surface area contributed by atoms with Crippen molar-refractivity contribution in [1.82, 2.24) is 0 Å². The summed E-state index contributed by atoms with van der Waals surface area (Å²) in [6.07, 6.45) is 1.52. The molecular formula is C27H33N3O4. The number of carbonyl (C=O) groups is 2. The number of hydrogen-bond acceptors (Lipinski definition) is 5. The van der Waals surface area contributed by atoms with Crippen molar-refractivity contribution in [3.8, 4) is 0 Å². The van der Waals surface area contributed by atoms with Crippen LogP contribution in [-0.2, 0) is 14.3 Å². The van der Waals surface area contributed by atoms with E-state index in [4.69, 9.17) is 9.73 Å². The number of carbonyl (C=O) groups excluding carboxylic acids is 1. The highest BCUT2D eigenvalue weighted by atomic mass is 16.5. The Hall–Kier alpha value is -3.19. The van der Waals surface area contributed by atoms with Gasteiger partial charge < -0.3 is 19.6 Å². The van der Waals surface area contributed by atoms with Crippen LogP contribution in [0.25, 0.3) is 0 Å². The van der Waals surface area contributed by atoms with Crippen LogP contribution in [0, 0.1) is 5.92 Å². The van der Waals surface area contributed by atoms with Crippen molar-refractivity contribution in [3.63, 3.8) is 0 Å². The Morgan fingerprint density at radius 1 is 1.12 bits per heavy atom. The zero-order valence-corrected chi connectivity index (χ0v) is 19.9. The number of carboxylic acids is 1. The number of aliphatic carboxylic acids is 1. The van der Waals surface area contributed by atoms with Gasteiger partial charge in [0.2, 0.25) is 0 Å². The number of carboxylic acid groups (broad SMARTS) is 1. The van der Waals surface area contributed by atoms with E-state index >= 15 is 0 Å². The highest BCUT2D eigenvalue weighted by Crippen LogP contribution is 2.35. The molecule has 2 aliphatic rings. The van der Waals surface area contributed by atoms with E-state index in [1.807, 2.05) is 42.5 Å². The van der Waals surface area contributed by atoms with Gasteiger partial charge >= 0.3 is 5.97 Å². The van der Waals surface area contributed by atoms with Gasteiger partial charge in [-0.25, -0.2) is 0 Å². The molecule has 0 radical (unpaired) electrons. The molecule has 1 N–H and O–H groups in total. The molecule has 1 fully saturated rings. The molecule has 0 aromatic heterocycles. The Morgan fingerprint density at radius 2 is 1.82 bits per heavy atom. The predicted octanol–water partition coefficient (Wildman–Crippen LogP) is 3.99. The number of anilines is 2. The molecule has 2 aromatic rings. The number of amides is 1. The lowest BCUT2D eigenvalue weighted by Gasteiger charge is -2.31. The summed E-state index contributed by atoms with van der Waals surface area (Å²) in [6.45, 7) is 7.23. The van der Waals surface area contributed by atoms with Crippen LogP contribution in [0.5, 0.6) is 0 Å². The standard InChI is InChI=1S/C27H33N3O4/c1-3-19(4-2)26-27(33)30(13-12-24(31)32)23-11-10-21(29-14-16-34-17-15-29)18-22(23)25(28-26)20-8-6-5-7-9-20/h5-11,18-19,26H,3-4,12-17H2,1-2H3,(H,31,32). The Labute approximate surface area is 201 Å². The van der Waals surface area contributed by atoms with Gasteiger partial charge in [-0.3, -0.25) is 14.6 Å². The van der Waals surface area contributed by atoms with E-state index < -0.39 is 12.0 Å². The zero-order chi connectivity index (χ0) is 24.1. The number of aliphatic imine (C=N–C) groups is 1. The summed E-state index contributed by atoms with van der Waals surface area (Å²) in [5.41, 5.74) is 4.37. The van der Waals surface area contributed by atoms with Gasteiger partial charge in [0.25, 0.3) is 5.91 Å². The first-order chi connectivity index (χ1) is 16.5. The van der Waals surface area contributed by atoms with E-state index in [0.717, 1.165) is 54.1 Å². The summed E-state index contributed by atoms with van der Waals surface area (Å²) in [4.78, 5) is 34.3. The van der Waals surface area contributed by atoms with Crippen molar-refractivity contribution in [2.24, 2.45) is 10.9 Å². The van der Waals surface area contributed by atoms with Gasteiger partial charge in [0.1, 0.15) is 6.04 Å². The number of benzene rings is 2. The number of rotatable bonds is 8. The first-order valence-corrected chi connectivity index (χ1v) is 12.2. The third-order valence-corrected chi connectivity index (χ3v) is 6.78. The Bertz CT molecular complexity index is 1040. The molecule has 1 unspecified atom stereocenters. The fourth-order valence-corrected chi connectivity index (χ4v) is 4.82. The average molecular weight is 464 g/mol. The van der Waals surface area contributed by atoms with Crippen molar-refractivity contribution in [3.05, 3.63) is 59.7 Å². The topological polar surface area (TPSA) is 82.4 Å². The van der Waals surface area contributed by atoms with Gasteiger partial charge in [-0.2, -0.15) is 0 Å². The Kier molecular flexibility index (Phi) is 7.63. The molecule has 0 bridgehead atoms. The second-order valence-electron chi connectivity index (χ2n) is 8.80. The van der Waals surface area contributed by atoms with Crippen molar-refractivity contribution in [2.75, 3.05) is 42.6 Å². The number of nitrogens with zero attached hydrogens (tertiary/aromatic N) is 3. The summed E-state index contributed by atoms with van der Waals surface area (Å²) in [5, 5.41) is 9.38. The second-order valence-corrected chi connectivity index (χ2v) is 8.80. The molecule has 7 heteroatoms. The maximum Gasteiger partial charge on any atom is 0.305 e. The van der Waals surface area contributed by atoms with Crippen LogP contribution in [0.1, 0.15) is 44.2 Å². The predicted molar refractivity (Wildman–Crippen MR) is 134 cm³/mol. The van der Waals surface area contributed by atoms with Crippen LogP contribution in [0.15, 0.2) is 53.5 Å². The van der Waals surface area contributed by atoms with Gasteiger partial charge in [0, 0.05) is 36.4 Å². The molecule has 1 saturated heterocycles. The maximum absolute atomic E-state index is 13.8. The fourth-order valence-electron chi connectivity index (χ4n) is 4.82. The third kappa shape index (κ3) is 4.99. The van der Waals surface area contributed by atoms with E-state index in [-0.39, 0.29) is 24.8 Å². The van der Waals surface area contributed by atoms with Crippen molar-refractivity contribution in [1.29, 1.82) is 0 Å². The minimum Gasteiger partial charge on any atom is -0.481 e. The van der Waals surface area contributed by atoms with Crippen LogP contribution in [0.2, 0.25) is 0 Å². The van der Waals surface area contributed by atoms with E-state index in [1.165, 1.54) is 0 Å². The van der Waals surface area contributed by atoms with Crippen LogP contribution in [0.3, 0.4) is 0 Å². The summed E-state index contributed by atoms with van der Waals surface area (Å²) in [6, 6.07) is 15.5. The first kappa shape index (κ1) is 24.0. The SMILES string of the molecule is CCC(CC)C1N=C(c2ccccc2)c2cc(N3CCOCC3)ccc2N(CCC(=O)O)C1=O. The Balaban J connectivity index is 1.90. The molecule has 2 aliphatic heterocycles. The molecule has 2 heterocycles. The highest BCUT2D eigenvalue weighted by Gasteiger charge is 2.36. The lowest BCUT2D eigenvalue weighted by molar-refractivity contribution is -0.136. The molecule has 4 rings (SSSR count). The molecule has 1 amide bonds. The molecule has 0 spiro atoms. The highest BCUT2D eigenvalue weighted by molar-refractivity contribution is 6.20. The summed E-state index contributed by atoms with van der Waals surface area (Å²) in [5.74, 6) is -0.973. The molecule has 0 aliphatic carbocycles. The molecular weight excluding hydrogens is 430 g/mol. The minimum atomic E-state index is -0.924. The second kappa shape index (κ2) is 10.8. The molecule has 1 atom stereocenters. The summed E-state index contributed by atoms with van der Waals surface area (Å²) < 4.78 is 5.52. The third-order valence-electron chi connectivity index (χ3n) is 6.78. The van der Waals surface area contributed by atoms with Gasteiger partial charge in [-0.05, 0) is 24.1 Å². The van der Waals surface area contributed by atoms with Gasteiger partial charge in [-0.1, -0.05) is 57.0 Å². The van der Waals surface area contributed by atoms with Crippen LogP contribution >= 0.6 is 0 Å². The smallest absolute Gasteiger partial charge is 0.305 e. The summed E-state index contributed by atoms with van der Waals surface area (Å²) in [7, 11) is 0. The monoisotopic (exact) mass is 463 g/mol. The Morgan fingerprint density at radius 3 is 2.47 bits per heavy atom. The average Bonchev–Trinajstić information content (AvgIpc) is 2.99. The van der Waals surface area contributed by atoms with Crippen LogP contribution in [-0.4, -0.2) is 61.6 Å². The van der Waals surface area contributed by atoms with Crippen molar-refractivity contribution < 1.29 is 19.4 Å². The van der Waals surface area contributed by atoms with Crippen molar-refractivity contribution in [2.45, 2.75) is 39.2 Å². The largest absolute Gasteiger partial charge is 0.481 e.